The van der Waals surface area contributed by atoms with E-state index in [2.05, 4.69) is 17.2 Å². The Morgan fingerprint density at radius 1 is 1.50 bits per heavy atom. The van der Waals surface area contributed by atoms with E-state index in [4.69, 9.17) is 4.74 Å². The minimum atomic E-state index is -0.114. The van der Waals surface area contributed by atoms with Crippen LogP contribution in [0, 0.1) is 13.8 Å². The van der Waals surface area contributed by atoms with Gasteiger partial charge in [0.15, 0.2) is 0 Å². The summed E-state index contributed by atoms with van der Waals surface area (Å²) in [5, 5.41) is 4.51. The van der Waals surface area contributed by atoms with Crippen molar-refractivity contribution >= 4 is 17.3 Å². The normalized spacial score (nSPS) is 12.4. The van der Waals surface area contributed by atoms with Gasteiger partial charge in [0.25, 0.3) is 0 Å². The number of ether oxygens (including phenoxy) is 1. The highest BCUT2D eigenvalue weighted by molar-refractivity contribution is 7.11. The lowest BCUT2D eigenvalue weighted by molar-refractivity contribution is -0.143. The molecule has 0 aliphatic rings. The van der Waals surface area contributed by atoms with E-state index in [1.807, 2.05) is 20.8 Å². The molecular weight excluding hydrogens is 248 g/mol. The number of carbonyl (C=O) groups is 1. The van der Waals surface area contributed by atoms with Crippen molar-refractivity contribution in [1.29, 1.82) is 0 Å². The first kappa shape index (κ1) is 15.1. The first-order chi connectivity index (χ1) is 8.54. The molecule has 1 unspecified atom stereocenters. The van der Waals surface area contributed by atoms with Gasteiger partial charge in [-0.15, -0.1) is 11.3 Å². The van der Waals surface area contributed by atoms with Crippen LogP contribution >= 0.6 is 11.3 Å². The molecule has 0 saturated heterocycles. The maximum atomic E-state index is 11.2. The second-order valence-corrected chi connectivity index (χ2v) is 5.50. The molecular formula is C13H22N2O2S. The minimum Gasteiger partial charge on any atom is -0.466 e. The smallest absolute Gasteiger partial charge is 0.305 e. The number of aryl methyl sites for hydroxylation is 2. The highest BCUT2D eigenvalue weighted by atomic mass is 32.1. The third-order valence-electron chi connectivity index (χ3n) is 2.65. The summed E-state index contributed by atoms with van der Waals surface area (Å²) in [6, 6.07) is 0.290. The van der Waals surface area contributed by atoms with Gasteiger partial charge >= 0.3 is 5.97 Å². The number of hydrogen-bond donors (Lipinski definition) is 1. The van der Waals surface area contributed by atoms with Crippen LogP contribution in [-0.4, -0.2) is 24.1 Å². The number of nitrogens with zero attached hydrogens (tertiary/aromatic N) is 1. The largest absolute Gasteiger partial charge is 0.466 e. The van der Waals surface area contributed by atoms with E-state index in [1.54, 1.807) is 11.3 Å². The Morgan fingerprint density at radius 3 is 2.78 bits per heavy atom. The van der Waals surface area contributed by atoms with Crippen LogP contribution in [0.15, 0.2) is 0 Å². The van der Waals surface area contributed by atoms with Crippen LogP contribution in [-0.2, 0) is 9.53 Å². The first-order valence-electron chi connectivity index (χ1n) is 6.37. The van der Waals surface area contributed by atoms with Gasteiger partial charge in [-0.1, -0.05) is 0 Å². The fourth-order valence-electron chi connectivity index (χ4n) is 1.83. The summed E-state index contributed by atoms with van der Waals surface area (Å²) in [5.74, 6) is -0.114. The fourth-order valence-corrected chi connectivity index (χ4v) is 2.78. The number of hydrogen-bond acceptors (Lipinski definition) is 5. The molecule has 1 heterocycles. The third-order valence-corrected chi connectivity index (χ3v) is 3.90. The molecule has 1 aromatic rings. The van der Waals surface area contributed by atoms with E-state index in [1.165, 1.54) is 4.88 Å². The number of aromatic nitrogens is 1. The predicted octanol–water partition coefficient (Wildman–Crippen LogP) is 2.75. The van der Waals surface area contributed by atoms with E-state index in [-0.39, 0.29) is 5.97 Å². The molecule has 4 nitrogen and oxygen atoms in total. The Labute approximate surface area is 113 Å². The molecule has 0 aromatic carbocycles. The van der Waals surface area contributed by atoms with Crippen LogP contribution in [0.5, 0.6) is 0 Å². The Hall–Kier alpha value is -0.940. The lowest BCUT2D eigenvalue weighted by atomic mass is 10.2. The summed E-state index contributed by atoms with van der Waals surface area (Å²) in [6.07, 6.45) is 1.29. The van der Waals surface area contributed by atoms with Gasteiger partial charge in [-0.05, 0) is 40.7 Å². The third kappa shape index (κ3) is 4.74. The topological polar surface area (TPSA) is 51.2 Å². The lowest BCUT2D eigenvalue weighted by Gasteiger charge is -2.12. The van der Waals surface area contributed by atoms with E-state index in [0.29, 0.717) is 19.1 Å². The van der Waals surface area contributed by atoms with E-state index in [9.17, 15) is 4.79 Å². The van der Waals surface area contributed by atoms with Gasteiger partial charge in [0.1, 0.15) is 0 Å². The standard InChI is InChI=1S/C13H22N2O2S/c1-5-17-12(16)7-6-8-14-9(2)13-10(3)15-11(4)18-13/h9,14H,5-8H2,1-4H3. The molecule has 1 aromatic heterocycles. The Kier molecular flexibility index (Phi) is 6.29. The molecule has 0 saturated carbocycles. The molecule has 0 aliphatic carbocycles. The number of esters is 1. The molecule has 1 N–H and O–H groups in total. The molecule has 18 heavy (non-hydrogen) atoms. The van der Waals surface area contributed by atoms with Crippen molar-refractivity contribution in [3.8, 4) is 0 Å². The molecule has 5 heteroatoms. The summed E-state index contributed by atoms with van der Waals surface area (Å²) in [5.41, 5.74) is 1.10. The maximum Gasteiger partial charge on any atom is 0.305 e. The second-order valence-electron chi connectivity index (χ2n) is 4.27. The zero-order valence-electron chi connectivity index (χ0n) is 11.6. The number of nitrogens with one attached hydrogen (secondary N) is 1. The number of carbonyl (C=O) groups excluding carboxylic acids is 1. The van der Waals surface area contributed by atoms with Gasteiger partial charge in [0.05, 0.1) is 17.3 Å². The van der Waals surface area contributed by atoms with Gasteiger partial charge in [0.2, 0.25) is 0 Å². The minimum absolute atomic E-state index is 0.114. The van der Waals surface area contributed by atoms with Crippen molar-refractivity contribution < 1.29 is 9.53 Å². The van der Waals surface area contributed by atoms with Gasteiger partial charge in [-0.2, -0.15) is 0 Å². The molecule has 0 radical (unpaired) electrons. The van der Waals surface area contributed by atoms with Crippen LogP contribution in [0.3, 0.4) is 0 Å². The van der Waals surface area contributed by atoms with Crippen LogP contribution in [0.1, 0.15) is 48.3 Å². The molecule has 0 amide bonds. The van der Waals surface area contributed by atoms with Gasteiger partial charge in [-0.3, -0.25) is 4.79 Å². The van der Waals surface area contributed by atoms with Crippen molar-refractivity contribution in [2.75, 3.05) is 13.2 Å². The number of rotatable bonds is 7. The van der Waals surface area contributed by atoms with Crippen molar-refractivity contribution in [1.82, 2.24) is 10.3 Å². The van der Waals surface area contributed by atoms with Crippen LogP contribution < -0.4 is 5.32 Å². The van der Waals surface area contributed by atoms with Crippen molar-refractivity contribution in [3.63, 3.8) is 0 Å². The Morgan fingerprint density at radius 2 is 2.22 bits per heavy atom. The average Bonchev–Trinajstić information content (AvgIpc) is 2.64. The summed E-state index contributed by atoms with van der Waals surface area (Å²) in [7, 11) is 0. The zero-order chi connectivity index (χ0) is 13.5. The van der Waals surface area contributed by atoms with Crippen LogP contribution in [0.4, 0.5) is 0 Å². The van der Waals surface area contributed by atoms with E-state index < -0.39 is 0 Å². The molecule has 0 fully saturated rings. The number of thiazole rings is 1. The fraction of sp³-hybridized carbons (Fsp3) is 0.692. The van der Waals surface area contributed by atoms with Crippen LogP contribution in [0.25, 0.3) is 0 Å². The van der Waals surface area contributed by atoms with E-state index >= 15 is 0 Å². The van der Waals surface area contributed by atoms with E-state index in [0.717, 1.165) is 23.7 Å². The maximum absolute atomic E-state index is 11.2. The predicted molar refractivity (Wildman–Crippen MR) is 73.9 cm³/mol. The zero-order valence-corrected chi connectivity index (χ0v) is 12.4. The summed E-state index contributed by atoms with van der Waals surface area (Å²) in [4.78, 5) is 16.9. The molecule has 0 spiro atoms. The second kappa shape index (κ2) is 7.48. The summed E-state index contributed by atoms with van der Waals surface area (Å²) < 4.78 is 4.88. The average molecular weight is 270 g/mol. The highest BCUT2D eigenvalue weighted by Crippen LogP contribution is 2.24. The first-order valence-corrected chi connectivity index (χ1v) is 7.19. The highest BCUT2D eigenvalue weighted by Gasteiger charge is 2.12. The van der Waals surface area contributed by atoms with Gasteiger partial charge in [-0.25, -0.2) is 4.98 Å². The molecule has 0 aliphatic heterocycles. The lowest BCUT2D eigenvalue weighted by Crippen LogP contribution is -2.20. The van der Waals surface area contributed by atoms with Gasteiger partial charge < -0.3 is 10.1 Å². The Balaban J connectivity index is 2.27. The molecule has 0 bridgehead atoms. The van der Waals surface area contributed by atoms with Crippen molar-refractivity contribution in [3.05, 3.63) is 15.6 Å². The molecule has 102 valence electrons. The summed E-state index contributed by atoms with van der Waals surface area (Å²) >= 11 is 1.73. The molecule has 1 atom stereocenters. The van der Waals surface area contributed by atoms with Crippen molar-refractivity contribution in [2.45, 2.75) is 46.6 Å². The molecule has 1 rings (SSSR count). The van der Waals surface area contributed by atoms with Crippen molar-refractivity contribution in [2.24, 2.45) is 0 Å². The quantitative estimate of drug-likeness (QED) is 0.611. The SMILES string of the molecule is CCOC(=O)CCCNC(C)c1sc(C)nc1C. The monoisotopic (exact) mass is 270 g/mol. The summed E-state index contributed by atoms with van der Waals surface area (Å²) in [6.45, 7) is 9.29. The van der Waals surface area contributed by atoms with Crippen LogP contribution in [0.2, 0.25) is 0 Å². The Bertz CT molecular complexity index is 390. The van der Waals surface area contributed by atoms with Gasteiger partial charge in [0, 0.05) is 17.3 Å².